The van der Waals surface area contributed by atoms with Crippen molar-refractivity contribution in [3.8, 4) is 5.75 Å². The maximum absolute atomic E-state index is 13.6. The lowest BCUT2D eigenvalue weighted by Crippen LogP contribution is -2.30. The molecule has 2 aromatic rings. The van der Waals surface area contributed by atoms with E-state index in [-0.39, 0.29) is 12.1 Å². The Morgan fingerprint density at radius 3 is 2.52 bits per heavy atom. The maximum atomic E-state index is 13.6. The van der Waals surface area contributed by atoms with Crippen LogP contribution in [0.1, 0.15) is 17.2 Å². The number of nitrogens with one attached hydrogen (secondary N) is 1. The minimum Gasteiger partial charge on any atom is -0.496 e. The first-order valence-corrected chi connectivity index (χ1v) is 9.08. The summed E-state index contributed by atoms with van der Waals surface area (Å²) in [5.41, 5.74) is 0.436. The van der Waals surface area contributed by atoms with E-state index in [1.165, 1.54) is 14.2 Å². The SMILES string of the molecule is COc1ccccc1[C@@H](CNS(=O)(=O)Cc1cc(F)ccc1F)OC. The predicted octanol–water partition coefficient (Wildman–Crippen LogP) is 2.78. The van der Waals surface area contributed by atoms with Crippen molar-refractivity contribution in [1.29, 1.82) is 0 Å². The second-order valence-electron chi connectivity index (χ2n) is 5.31. The number of benzene rings is 2. The highest BCUT2D eigenvalue weighted by Crippen LogP contribution is 2.26. The highest BCUT2D eigenvalue weighted by atomic mass is 32.2. The van der Waals surface area contributed by atoms with Gasteiger partial charge in [-0.3, -0.25) is 0 Å². The van der Waals surface area contributed by atoms with Gasteiger partial charge in [0.25, 0.3) is 0 Å². The van der Waals surface area contributed by atoms with Crippen LogP contribution in [0, 0.1) is 11.6 Å². The number of hydrogen-bond acceptors (Lipinski definition) is 4. The van der Waals surface area contributed by atoms with E-state index in [1.54, 1.807) is 24.3 Å². The summed E-state index contributed by atoms with van der Waals surface area (Å²) in [6.07, 6.45) is -0.594. The summed E-state index contributed by atoms with van der Waals surface area (Å²) in [6.45, 7) is -0.0733. The van der Waals surface area contributed by atoms with Gasteiger partial charge in [-0.1, -0.05) is 18.2 Å². The van der Waals surface area contributed by atoms with Gasteiger partial charge in [-0.15, -0.1) is 0 Å². The summed E-state index contributed by atoms with van der Waals surface area (Å²) < 4.78 is 64.1. The van der Waals surface area contributed by atoms with Crippen LogP contribution in [0.15, 0.2) is 42.5 Å². The number of ether oxygens (including phenoxy) is 2. The van der Waals surface area contributed by atoms with Crippen LogP contribution in [0.25, 0.3) is 0 Å². The van der Waals surface area contributed by atoms with Crippen molar-refractivity contribution in [3.05, 3.63) is 65.2 Å². The van der Waals surface area contributed by atoms with Crippen LogP contribution < -0.4 is 9.46 Å². The molecule has 136 valence electrons. The van der Waals surface area contributed by atoms with Gasteiger partial charge in [-0.2, -0.15) is 0 Å². The third kappa shape index (κ3) is 5.22. The Labute approximate surface area is 145 Å². The molecule has 0 saturated heterocycles. The molecular formula is C17H19F2NO4S. The molecule has 0 spiro atoms. The summed E-state index contributed by atoms with van der Waals surface area (Å²) in [7, 11) is -0.940. The Hall–Kier alpha value is -2.03. The molecular weight excluding hydrogens is 352 g/mol. The first kappa shape index (κ1) is 19.3. The first-order valence-electron chi connectivity index (χ1n) is 7.43. The highest BCUT2D eigenvalue weighted by molar-refractivity contribution is 7.88. The van der Waals surface area contributed by atoms with Crippen LogP contribution in [-0.2, 0) is 20.5 Å². The zero-order chi connectivity index (χ0) is 18.4. The molecule has 8 heteroatoms. The van der Waals surface area contributed by atoms with Gasteiger partial charge < -0.3 is 9.47 Å². The molecule has 2 rings (SSSR count). The summed E-state index contributed by atoms with van der Waals surface area (Å²) >= 11 is 0. The monoisotopic (exact) mass is 371 g/mol. The van der Waals surface area contributed by atoms with Crippen molar-refractivity contribution in [2.75, 3.05) is 20.8 Å². The quantitative estimate of drug-likeness (QED) is 0.775. The molecule has 0 aliphatic heterocycles. The van der Waals surface area contributed by atoms with Crippen LogP contribution in [-0.4, -0.2) is 29.2 Å². The standard InChI is InChI=1S/C17H19F2NO4S/c1-23-16-6-4-3-5-14(16)17(24-2)10-20-25(21,22)11-12-9-13(18)7-8-15(12)19/h3-9,17,20H,10-11H2,1-2H3/t17-/m1/s1. The van der Waals surface area contributed by atoms with Gasteiger partial charge in [0.2, 0.25) is 10.0 Å². The largest absolute Gasteiger partial charge is 0.496 e. The number of halogens is 2. The van der Waals surface area contributed by atoms with Gasteiger partial charge in [0.15, 0.2) is 0 Å². The lowest BCUT2D eigenvalue weighted by molar-refractivity contribution is 0.105. The topological polar surface area (TPSA) is 64.6 Å². The van der Waals surface area contributed by atoms with Crippen LogP contribution in [0.3, 0.4) is 0 Å². The molecule has 1 atom stereocenters. The lowest BCUT2D eigenvalue weighted by atomic mass is 10.1. The van der Waals surface area contributed by atoms with Gasteiger partial charge >= 0.3 is 0 Å². The zero-order valence-corrected chi connectivity index (χ0v) is 14.6. The molecule has 0 fully saturated rings. The number of rotatable bonds is 8. The second-order valence-corrected chi connectivity index (χ2v) is 7.12. The van der Waals surface area contributed by atoms with Crippen LogP contribution in [0.2, 0.25) is 0 Å². The molecule has 0 radical (unpaired) electrons. The summed E-state index contributed by atoms with van der Waals surface area (Å²) in [5, 5.41) is 0. The molecule has 0 unspecified atom stereocenters. The van der Waals surface area contributed by atoms with Crippen LogP contribution in [0.4, 0.5) is 8.78 Å². The molecule has 25 heavy (non-hydrogen) atoms. The third-order valence-corrected chi connectivity index (χ3v) is 4.91. The molecule has 0 saturated carbocycles. The number of sulfonamides is 1. The van der Waals surface area contributed by atoms with Gasteiger partial charge in [-0.25, -0.2) is 21.9 Å². The molecule has 0 amide bonds. The van der Waals surface area contributed by atoms with Gasteiger partial charge in [0.05, 0.1) is 19.0 Å². The van der Waals surface area contributed by atoms with E-state index in [0.717, 1.165) is 18.2 Å². The summed E-state index contributed by atoms with van der Waals surface area (Å²) in [4.78, 5) is 0. The van der Waals surface area contributed by atoms with E-state index >= 15 is 0 Å². The normalized spacial score (nSPS) is 12.8. The Morgan fingerprint density at radius 2 is 1.84 bits per heavy atom. The fraction of sp³-hybridized carbons (Fsp3) is 0.294. The summed E-state index contributed by atoms with van der Waals surface area (Å²) in [6, 6.07) is 9.75. The average Bonchev–Trinajstić information content (AvgIpc) is 2.59. The Morgan fingerprint density at radius 1 is 1.12 bits per heavy atom. The van der Waals surface area contributed by atoms with Gasteiger partial charge in [0.1, 0.15) is 17.4 Å². The number of hydrogen-bond donors (Lipinski definition) is 1. The Balaban J connectivity index is 2.10. The van der Waals surface area contributed by atoms with E-state index < -0.39 is 33.5 Å². The van der Waals surface area contributed by atoms with Gasteiger partial charge in [-0.05, 0) is 24.3 Å². The molecule has 0 aliphatic rings. The fourth-order valence-corrected chi connectivity index (χ4v) is 3.50. The number of para-hydroxylation sites is 1. The van der Waals surface area contributed by atoms with E-state index in [4.69, 9.17) is 9.47 Å². The van der Waals surface area contributed by atoms with E-state index in [9.17, 15) is 17.2 Å². The molecule has 0 bridgehead atoms. The highest BCUT2D eigenvalue weighted by Gasteiger charge is 2.20. The average molecular weight is 371 g/mol. The summed E-state index contributed by atoms with van der Waals surface area (Å²) in [5.74, 6) is -1.58. The Bertz CT molecular complexity index is 827. The van der Waals surface area contributed by atoms with Crippen LogP contribution in [0.5, 0.6) is 5.75 Å². The van der Waals surface area contributed by atoms with Crippen molar-refractivity contribution >= 4 is 10.0 Å². The van der Waals surface area contributed by atoms with E-state index in [2.05, 4.69) is 4.72 Å². The van der Waals surface area contributed by atoms with Crippen LogP contribution >= 0.6 is 0 Å². The molecule has 0 heterocycles. The van der Waals surface area contributed by atoms with Gasteiger partial charge in [0, 0.05) is 24.8 Å². The molecule has 2 aromatic carbocycles. The molecule has 0 aromatic heterocycles. The fourth-order valence-electron chi connectivity index (χ4n) is 2.37. The molecule has 5 nitrogen and oxygen atoms in total. The second kappa shape index (κ2) is 8.37. The van der Waals surface area contributed by atoms with Crippen molar-refractivity contribution in [3.63, 3.8) is 0 Å². The smallest absolute Gasteiger partial charge is 0.215 e. The van der Waals surface area contributed by atoms with Crippen molar-refractivity contribution in [2.24, 2.45) is 0 Å². The predicted molar refractivity (Wildman–Crippen MR) is 89.7 cm³/mol. The maximum Gasteiger partial charge on any atom is 0.215 e. The molecule has 0 aliphatic carbocycles. The first-order chi connectivity index (χ1) is 11.9. The Kier molecular flexibility index (Phi) is 6.46. The van der Waals surface area contributed by atoms with E-state index in [1.807, 2.05) is 0 Å². The minimum absolute atomic E-state index is 0.0733. The van der Waals surface area contributed by atoms with Crippen molar-refractivity contribution in [2.45, 2.75) is 11.9 Å². The van der Waals surface area contributed by atoms with E-state index in [0.29, 0.717) is 11.3 Å². The number of methoxy groups -OCH3 is 2. The minimum atomic E-state index is -3.88. The lowest BCUT2D eigenvalue weighted by Gasteiger charge is -2.19. The van der Waals surface area contributed by atoms with Crippen molar-refractivity contribution in [1.82, 2.24) is 4.72 Å². The third-order valence-electron chi connectivity index (χ3n) is 3.61. The zero-order valence-electron chi connectivity index (χ0n) is 13.8. The molecule has 1 N–H and O–H groups in total. The van der Waals surface area contributed by atoms with Crippen molar-refractivity contribution < 1.29 is 26.7 Å².